The van der Waals surface area contributed by atoms with E-state index in [9.17, 15) is 26.0 Å². The first-order valence-corrected chi connectivity index (χ1v) is 12.0. The molecule has 5 rings (SSSR count). The largest absolute Gasteiger partial charge is 0.412 e. The number of sulfonamides is 1. The molecule has 2 aromatic rings. The van der Waals surface area contributed by atoms with E-state index in [-0.39, 0.29) is 29.4 Å². The maximum absolute atomic E-state index is 14.1. The van der Waals surface area contributed by atoms with Gasteiger partial charge in [0.1, 0.15) is 5.82 Å². The fourth-order valence-corrected chi connectivity index (χ4v) is 6.34. The van der Waals surface area contributed by atoms with E-state index in [0.717, 1.165) is 25.0 Å². The summed E-state index contributed by atoms with van der Waals surface area (Å²) in [7, 11) is -4.29. The summed E-state index contributed by atoms with van der Waals surface area (Å²) in [6.45, 7) is 1.62. The number of hydrogen-bond acceptors (Lipinski definition) is 3. The van der Waals surface area contributed by atoms with Gasteiger partial charge in [0.25, 0.3) is 10.0 Å². The van der Waals surface area contributed by atoms with E-state index in [2.05, 4.69) is 10.2 Å². The summed E-state index contributed by atoms with van der Waals surface area (Å²) in [5, 5.41) is 6.92. The average molecular weight is 479 g/mol. The van der Waals surface area contributed by atoms with Gasteiger partial charge >= 0.3 is 6.18 Å². The zero-order chi connectivity index (χ0) is 23.5. The molecule has 1 N–H and O–H groups in total. The maximum atomic E-state index is 14.1. The van der Waals surface area contributed by atoms with Crippen molar-refractivity contribution in [1.29, 1.82) is 0 Å². The van der Waals surface area contributed by atoms with E-state index in [1.54, 1.807) is 13.1 Å². The molecule has 0 amide bonds. The van der Waals surface area contributed by atoms with E-state index >= 15 is 0 Å². The molecule has 10 heteroatoms. The fourth-order valence-electron chi connectivity index (χ4n) is 4.52. The summed E-state index contributed by atoms with van der Waals surface area (Å²) < 4.78 is 83.5. The summed E-state index contributed by atoms with van der Waals surface area (Å²) in [5.74, 6) is -0.495. The summed E-state index contributed by atoms with van der Waals surface area (Å²) in [4.78, 5) is -0.227. The third-order valence-corrected chi connectivity index (χ3v) is 8.11. The van der Waals surface area contributed by atoms with E-state index < -0.39 is 33.6 Å². The van der Waals surface area contributed by atoms with Gasteiger partial charge in [0, 0.05) is 16.7 Å². The highest BCUT2D eigenvalue weighted by Crippen LogP contribution is 2.54. The molecular formula is C23H21F4N3O2S. The third kappa shape index (κ3) is 3.80. The van der Waals surface area contributed by atoms with Crippen molar-refractivity contribution >= 4 is 15.7 Å². The molecular weight excluding hydrogens is 458 g/mol. The number of benzene rings is 1. The van der Waals surface area contributed by atoms with Crippen molar-refractivity contribution in [1.82, 2.24) is 10.2 Å². The summed E-state index contributed by atoms with van der Waals surface area (Å²) in [6, 6.07) is 3.25. The Labute approximate surface area is 188 Å². The second-order valence-corrected chi connectivity index (χ2v) is 10.5. The second-order valence-electron chi connectivity index (χ2n) is 8.69. The van der Waals surface area contributed by atoms with Crippen molar-refractivity contribution < 1.29 is 26.0 Å². The highest BCUT2D eigenvalue weighted by molar-refractivity contribution is 7.96. The molecule has 33 heavy (non-hydrogen) atoms. The van der Waals surface area contributed by atoms with Crippen molar-refractivity contribution in [3.05, 3.63) is 70.1 Å². The molecule has 1 aliphatic heterocycles. The summed E-state index contributed by atoms with van der Waals surface area (Å²) in [5.41, 5.74) is 1.58. The lowest BCUT2D eigenvalue weighted by molar-refractivity contribution is -0.0939. The molecule has 5 nitrogen and oxygen atoms in total. The van der Waals surface area contributed by atoms with Crippen molar-refractivity contribution in [2.75, 3.05) is 4.31 Å². The van der Waals surface area contributed by atoms with Crippen LogP contribution in [0.1, 0.15) is 44.2 Å². The third-order valence-electron chi connectivity index (χ3n) is 6.32. The Kier molecular flexibility index (Phi) is 5.04. The first-order chi connectivity index (χ1) is 15.6. The van der Waals surface area contributed by atoms with Gasteiger partial charge in [-0.25, -0.2) is 12.8 Å². The van der Waals surface area contributed by atoms with Crippen LogP contribution in [0.25, 0.3) is 11.3 Å². The van der Waals surface area contributed by atoms with Gasteiger partial charge in [0.2, 0.25) is 0 Å². The fraction of sp³-hybridized carbons (Fsp3) is 0.348. The Hall–Kier alpha value is -2.88. The van der Waals surface area contributed by atoms with Crippen LogP contribution in [0.15, 0.2) is 58.7 Å². The van der Waals surface area contributed by atoms with Crippen LogP contribution in [0, 0.1) is 11.7 Å². The smallest absolute Gasteiger partial charge is 0.277 e. The van der Waals surface area contributed by atoms with E-state index in [0.29, 0.717) is 22.4 Å². The predicted molar refractivity (Wildman–Crippen MR) is 116 cm³/mol. The molecule has 1 aromatic heterocycles. The lowest BCUT2D eigenvalue weighted by atomic mass is 9.93. The number of fused-ring (bicyclic) bond motifs is 3. The van der Waals surface area contributed by atoms with Crippen LogP contribution in [0.3, 0.4) is 0 Å². The number of nitrogens with one attached hydrogen (secondary N) is 1. The molecule has 1 unspecified atom stereocenters. The van der Waals surface area contributed by atoms with Crippen LogP contribution in [0.5, 0.6) is 0 Å². The van der Waals surface area contributed by atoms with Crippen molar-refractivity contribution in [3.63, 3.8) is 0 Å². The molecule has 174 valence electrons. The highest BCUT2D eigenvalue weighted by Gasteiger charge is 2.47. The Bertz CT molecular complexity index is 1320. The summed E-state index contributed by atoms with van der Waals surface area (Å²) >= 11 is 0. The molecule has 3 aliphatic rings. The molecule has 1 saturated carbocycles. The van der Waals surface area contributed by atoms with Gasteiger partial charge in [-0.1, -0.05) is 11.6 Å². The Morgan fingerprint density at radius 1 is 1.15 bits per heavy atom. The lowest BCUT2D eigenvalue weighted by Gasteiger charge is -2.38. The van der Waals surface area contributed by atoms with Gasteiger partial charge in [-0.15, -0.1) is 0 Å². The molecule has 1 atom stereocenters. The first kappa shape index (κ1) is 21.9. The number of allylic oxidation sites excluding steroid dienone is 5. The molecule has 2 aliphatic carbocycles. The minimum Gasteiger partial charge on any atom is -0.277 e. The van der Waals surface area contributed by atoms with Gasteiger partial charge < -0.3 is 0 Å². The Morgan fingerprint density at radius 2 is 1.91 bits per heavy atom. The zero-order valence-corrected chi connectivity index (χ0v) is 18.5. The topological polar surface area (TPSA) is 66.1 Å². The van der Waals surface area contributed by atoms with Gasteiger partial charge in [-0.3, -0.25) is 9.40 Å². The van der Waals surface area contributed by atoms with E-state index in [1.807, 2.05) is 0 Å². The van der Waals surface area contributed by atoms with Crippen LogP contribution < -0.4 is 4.31 Å². The van der Waals surface area contributed by atoms with Gasteiger partial charge in [0.05, 0.1) is 28.5 Å². The van der Waals surface area contributed by atoms with Gasteiger partial charge in [-0.2, -0.15) is 18.3 Å². The molecule has 0 spiro atoms. The number of alkyl halides is 3. The monoisotopic (exact) mass is 479 g/mol. The van der Waals surface area contributed by atoms with Gasteiger partial charge in [0.15, 0.2) is 0 Å². The van der Waals surface area contributed by atoms with Crippen LogP contribution in [0.4, 0.5) is 23.2 Å². The van der Waals surface area contributed by atoms with Crippen LogP contribution in [-0.2, 0) is 10.0 Å². The zero-order valence-electron chi connectivity index (χ0n) is 17.7. The molecule has 0 radical (unpaired) electrons. The lowest BCUT2D eigenvalue weighted by Crippen LogP contribution is -2.39. The number of aromatic amines is 1. The predicted octanol–water partition coefficient (Wildman–Crippen LogP) is 5.93. The van der Waals surface area contributed by atoms with Crippen molar-refractivity contribution in [3.8, 4) is 11.3 Å². The Balaban J connectivity index is 1.70. The maximum Gasteiger partial charge on any atom is 0.412 e. The standard InChI is InChI=1S/C23H21F4N3O2S/c1-13-2-5-15(23(25,26)27)6-8-17(10-13)33(31,32)30-20-9-7-16(24)11-18(20)21-19(12-28-29-21)22(30)14-3-4-14/h6-12,14,22H,2-5H2,1H3,(H,28,29). The molecule has 0 bridgehead atoms. The van der Waals surface area contributed by atoms with E-state index in [4.69, 9.17) is 0 Å². The number of rotatable bonds is 3. The molecule has 1 fully saturated rings. The van der Waals surface area contributed by atoms with Crippen molar-refractivity contribution in [2.24, 2.45) is 5.92 Å². The highest BCUT2D eigenvalue weighted by atomic mass is 32.2. The molecule has 2 heterocycles. The number of aromatic nitrogens is 2. The normalized spacial score (nSPS) is 21.3. The van der Waals surface area contributed by atoms with Gasteiger partial charge in [-0.05, 0) is 68.9 Å². The summed E-state index contributed by atoms with van der Waals surface area (Å²) in [6.07, 6.45) is 1.80. The first-order valence-electron chi connectivity index (χ1n) is 10.6. The average Bonchev–Trinajstić information content (AvgIpc) is 3.43. The van der Waals surface area contributed by atoms with E-state index in [1.165, 1.54) is 28.6 Å². The van der Waals surface area contributed by atoms with Crippen LogP contribution in [0.2, 0.25) is 0 Å². The number of anilines is 1. The molecule has 0 saturated heterocycles. The SMILES string of the molecule is CC1=CC(S(=O)(=O)N2c3ccc(F)cc3-c3[nH]ncc3C2C2CC2)=CC=C(C(F)(F)F)CC1. The van der Waals surface area contributed by atoms with Crippen LogP contribution >= 0.6 is 0 Å². The minimum atomic E-state index is -4.54. The Morgan fingerprint density at radius 3 is 2.61 bits per heavy atom. The number of nitrogens with zero attached hydrogens (tertiary/aromatic N) is 2. The quantitative estimate of drug-likeness (QED) is 0.555. The second kappa shape index (κ2) is 7.58. The molecule has 1 aromatic carbocycles. The number of halogens is 4. The van der Waals surface area contributed by atoms with Crippen molar-refractivity contribution in [2.45, 2.75) is 44.8 Å². The number of H-pyrrole nitrogens is 1. The van der Waals surface area contributed by atoms with Crippen LogP contribution in [-0.4, -0.2) is 24.8 Å². The number of hydrogen-bond donors (Lipinski definition) is 1. The minimum absolute atomic E-state index is 0.0369.